The summed E-state index contributed by atoms with van der Waals surface area (Å²) in [5.74, 6) is -0.161. The van der Waals surface area contributed by atoms with Crippen molar-refractivity contribution < 1.29 is 9.90 Å². The van der Waals surface area contributed by atoms with E-state index in [4.69, 9.17) is 0 Å². The minimum Gasteiger partial charge on any atom is -0.387 e. The first-order valence-corrected chi connectivity index (χ1v) is 6.87. The molecule has 1 rings (SSSR count). The molecule has 0 aliphatic heterocycles. The largest absolute Gasteiger partial charge is 0.387 e. The quantitative estimate of drug-likeness (QED) is 0.865. The van der Waals surface area contributed by atoms with E-state index in [2.05, 4.69) is 21.2 Å². The third kappa shape index (κ3) is 5.16. The van der Waals surface area contributed by atoms with Crippen LogP contribution in [0, 0.1) is 0 Å². The van der Waals surface area contributed by atoms with Gasteiger partial charge in [0, 0.05) is 18.5 Å². The highest BCUT2D eigenvalue weighted by Crippen LogP contribution is 2.20. The van der Waals surface area contributed by atoms with Gasteiger partial charge in [0.15, 0.2) is 0 Å². The van der Waals surface area contributed by atoms with Crippen LogP contribution in [0.1, 0.15) is 17.3 Å². The monoisotopic (exact) mass is 320 g/mol. The fraction of sp³-hybridized carbons (Fsp3) is 0.545. The molecule has 0 fully saturated rings. The van der Waals surface area contributed by atoms with E-state index in [0.29, 0.717) is 12.1 Å². The van der Waals surface area contributed by atoms with Crippen LogP contribution in [0.5, 0.6) is 0 Å². The Bertz CT molecular complexity index is 391. The van der Waals surface area contributed by atoms with Gasteiger partial charge in [0.1, 0.15) is 0 Å². The second kappa shape index (κ2) is 5.95. The Morgan fingerprint density at radius 2 is 2.29 bits per heavy atom. The number of nitrogens with zero attached hydrogens (tertiary/aromatic N) is 1. The summed E-state index contributed by atoms with van der Waals surface area (Å²) in [6, 6.07) is 1.76. The average molecular weight is 321 g/mol. The summed E-state index contributed by atoms with van der Waals surface area (Å²) >= 11 is 4.77. The summed E-state index contributed by atoms with van der Waals surface area (Å²) in [6.45, 7) is 2.44. The summed E-state index contributed by atoms with van der Waals surface area (Å²) in [5, 5.41) is 14.5. The van der Waals surface area contributed by atoms with Gasteiger partial charge in [-0.05, 0) is 43.0 Å². The molecule has 0 aliphatic carbocycles. The van der Waals surface area contributed by atoms with Crippen LogP contribution in [0.3, 0.4) is 0 Å². The molecule has 1 amide bonds. The molecule has 1 atom stereocenters. The van der Waals surface area contributed by atoms with E-state index in [9.17, 15) is 9.90 Å². The van der Waals surface area contributed by atoms with E-state index in [1.807, 2.05) is 19.0 Å². The van der Waals surface area contributed by atoms with Crippen LogP contribution >= 0.6 is 27.3 Å². The summed E-state index contributed by atoms with van der Waals surface area (Å²) in [7, 11) is 3.76. The number of aliphatic hydroxyl groups is 1. The van der Waals surface area contributed by atoms with Gasteiger partial charge in [-0.3, -0.25) is 4.79 Å². The van der Waals surface area contributed by atoms with Crippen molar-refractivity contribution in [1.82, 2.24) is 10.2 Å². The number of carbonyl (C=O) groups excluding carboxylic acids is 1. The number of nitrogens with one attached hydrogen (secondary N) is 1. The van der Waals surface area contributed by atoms with Crippen molar-refractivity contribution >= 4 is 33.2 Å². The molecule has 0 saturated heterocycles. The lowest BCUT2D eigenvalue weighted by atomic mass is 10.1. The lowest BCUT2D eigenvalue weighted by Gasteiger charge is -2.26. The molecule has 96 valence electrons. The highest BCUT2D eigenvalue weighted by Gasteiger charge is 2.22. The van der Waals surface area contributed by atoms with Crippen molar-refractivity contribution in [2.45, 2.75) is 12.5 Å². The van der Waals surface area contributed by atoms with E-state index in [1.54, 1.807) is 18.4 Å². The van der Waals surface area contributed by atoms with E-state index in [1.165, 1.54) is 11.3 Å². The maximum atomic E-state index is 11.7. The predicted octanol–water partition coefficient (Wildman–Crippen LogP) is 1.55. The molecule has 4 nitrogen and oxygen atoms in total. The minimum atomic E-state index is -0.924. The standard InChI is InChI=1S/C11H17BrN2O2S/c1-11(16,7-14(2)3)6-13-10(15)8-4-9(12)17-5-8/h4-5,16H,6-7H2,1-3H3,(H,13,15). The van der Waals surface area contributed by atoms with E-state index < -0.39 is 5.60 Å². The van der Waals surface area contributed by atoms with Gasteiger partial charge >= 0.3 is 0 Å². The molecule has 1 heterocycles. The van der Waals surface area contributed by atoms with Crippen LogP contribution in [0.15, 0.2) is 15.2 Å². The molecular formula is C11H17BrN2O2S. The van der Waals surface area contributed by atoms with Crippen molar-refractivity contribution in [2.24, 2.45) is 0 Å². The number of hydrogen-bond donors (Lipinski definition) is 2. The van der Waals surface area contributed by atoms with Crippen LogP contribution in [-0.2, 0) is 0 Å². The molecule has 0 aromatic carbocycles. The van der Waals surface area contributed by atoms with Gasteiger partial charge in [-0.1, -0.05) is 0 Å². The van der Waals surface area contributed by atoms with Crippen molar-refractivity contribution in [3.63, 3.8) is 0 Å². The van der Waals surface area contributed by atoms with Crippen LogP contribution in [0.2, 0.25) is 0 Å². The second-order valence-electron chi connectivity index (χ2n) is 4.56. The number of likely N-dealkylation sites (N-methyl/N-ethyl adjacent to an activating group) is 1. The summed E-state index contributed by atoms with van der Waals surface area (Å²) in [5.41, 5.74) is -0.311. The van der Waals surface area contributed by atoms with Crippen LogP contribution in [0.25, 0.3) is 0 Å². The van der Waals surface area contributed by atoms with Crippen molar-refractivity contribution in [2.75, 3.05) is 27.2 Å². The summed E-state index contributed by atoms with van der Waals surface area (Å²) in [4.78, 5) is 13.6. The topological polar surface area (TPSA) is 52.6 Å². The zero-order valence-electron chi connectivity index (χ0n) is 10.2. The third-order valence-electron chi connectivity index (χ3n) is 2.12. The molecule has 0 spiro atoms. The van der Waals surface area contributed by atoms with Gasteiger partial charge in [0.05, 0.1) is 15.0 Å². The number of hydrogen-bond acceptors (Lipinski definition) is 4. The number of carbonyl (C=O) groups is 1. The molecule has 2 N–H and O–H groups in total. The predicted molar refractivity (Wildman–Crippen MR) is 73.5 cm³/mol. The first-order valence-electron chi connectivity index (χ1n) is 5.19. The highest BCUT2D eigenvalue weighted by atomic mass is 79.9. The molecule has 0 bridgehead atoms. The van der Waals surface area contributed by atoms with E-state index in [-0.39, 0.29) is 12.5 Å². The van der Waals surface area contributed by atoms with E-state index in [0.717, 1.165) is 3.79 Å². The number of thiophene rings is 1. The zero-order chi connectivity index (χ0) is 13.1. The van der Waals surface area contributed by atoms with Gasteiger partial charge in [0.25, 0.3) is 5.91 Å². The van der Waals surface area contributed by atoms with Crippen molar-refractivity contribution in [3.8, 4) is 0 Å². The Morgan fingerprint density at radius 1 is 1.65 bits per heavy atom. The zero-order valence-corrected chi connectivity index (χ0v) is 12.6. The molecule has 17 heavy (non-hydrogen) atoms. The molecule has 0 aliphatic rings. The van der Waals surface area contributed by atoms with Crippen molar-refractivity contribution in [1.29, 1.82) is 0 Å². The first-order chi connectivity index (χ1) is 7.80. The second-order valence-corrected chi connectivity index (χ2v) is 6.85. The molecule has 0 saturated carbocycles. The maximum absolute atomic E-state index is 11.7. The van der Waals surface area contributed by atoms with Crippen LogP contribution in [0.4, 0.5) is 0 Å². The Hall–Kier alpha value is -0.430. The summed E-state index contributed by atoms with van der Waals surface area (Å²) in [6.07, 6.45) is 0. The summed E-state index contributed by atoms with van der Waals surface area (Å²) < 4.78 is 0.919. The molecule has 6 heteroatoms. The van der Waals surface area contributed by atoms with Gasteiger partial charge in [0.2, 0.25) is 0 Å². The number of halogens is 1. The normalized spacial score (nSPS) is 14.7. The smallest absolute Gasteiger partial charge is 0.252 e. The average Bonchev–Trinajstić information content (AvgIpc) is 2.59. The lowest BCUT2D eigenvalue weighted by Crippen LogP contribution is -2.47. The number of amides is 1. The van der Waals surface area contributed by atoms with Gasteiger partial charge in [-0.25, -0.2) is 0 Å². The third-order valence-corrected chi connectivity index (χ3v) is 3.62. The van der Waals surface area contributed by atoms with E-state index >= 15 is 0 Å². The van der Waals surface area contributed by atoms with Crippen LogP contribution in [-0.4, -0.2) is 48.7 Å². The lowest BCUT2D eigenvalue weighted by molar-refractivity contribution is 0.0326. The molecule has 1 aromatic heterocycles. The molecular weight excluding hydrogens is 304 g/mol. The molecule has 1 unspecified atom stereocenters. The fourth-order valence-electron chi connectivity index (χ4n) is 1.54. The van der Waals surface area contributed by atoms with Gasteiger partial charge in [-0.15, -0.1) is 11.3 Å². The Balaban J connectivity index is 2.48. The van der Waals surface area contributed by atoms with Gasteiger partial charge in [-0.2, -0.15) is 0 Å². The Kier molecular flexibility index (Phi) is 5.12. The minimum absolute atomic E-state index is 0.161. The Labute approximate surface area is 114 Å². The fourth-order valence-corrected chi connectivity index (χ4v) is 2.68. The van der Waals surface area contributed by atoms with Gasteiger partial charge < -0.3 is 15.3 Å². The highest BCUT2D eigenvalue weighted by molar-refractivity contribution is 9.11. The molecule has 0 radical (unpaired) electrons. The van der Waals surface area contributed by atoms with Crippen molar-refractivity contribution in [3.05, 3.63) is 20.8 Å². The first kappa shape index (κ1) is 14.6. The maximum Gasteiger partial charge on any atom is 0.252 e. The molecule has 1 aromatic rings. The SMILES string of the molecule is CN(C)CC(C)(O)CNC(=O)c1csc(Br)c1. The number of rotatable bonds is 5. The Morgan fingerprint density at radius 3 is 2.76 bits per heavy atom. The van der Waals surface area contributed by atoms with Crippen LogP contribution < -0.4 is 5.32 Å².